The largest absolute Gasteiger partial charge is 0.508 e. The Morgan fingerprint density at radius 3 is 2.61 bits per heavy atom. The molecular weight excluding hydrogens is 356 g/mol. The van der Waals surface area contributed by atoms with Crippen molar-refractivity contribution in [3.8, 4) is 22.9 Å². The summed E-state index contributed by atoms with van der Waals surface area (Å²) in [6.07, 6.45) is 13.2. The van der Waals surface area contributed by atoms with E-state index < -0.39 is 0 Å². The minimum Gasteiger partial charge on any atom is -0.508 e. The Bertz CT molecular complexity index is 785. The number of unbranched alkanes of at least 4 members (excludes halogenated alkanes) is 2. The highest BCUT2D eigenvalue weighted by Gasteiger charge is 2.15. The molecule has 2 aromatic rings. The first-order chi connectivity index (χ1) is 13.7. The van der Waals surface area contributed by atoms with E-state index in [1.807, 2.05) is 18.2 Å². The number of phenols is 1. The van der Waals surface area contributed by atoms with Gasteiger partial charge in [0.05, 0.1) is 12.4 Å². The van der Waals surface area contributed by atoms with Gasteiger partial charge in [0.1, 0.15) is 25.1 Å². The minimum absolute atomic E-state index is 0.0962. The highest BCUT2D eigenvalue weighted by Crippen LogP contribution is 2.20. The van der Waals surface area contributed by atoms with Gasteiger partial charge in [-0.1, -0.05) is 25.8 Å². The van der Waals surface area contributed by atoms with Crippen molar-refractivity contribution in [2.75, 3.05) is 13.2 Å². The Hall–Kier alpha value is -3.02. The Kier molecular flexibility index (Phi) is 7.29. The van der Waals surface area contributed by atoms with Crippen molar-refractivity contribution in [2.24, 2.45) is 0 Å². The Morgan fingerprint density at radius 1 is 1.14 bits per heavy atom. The smallest absolute Gasteiger partial charge is 0.279 e. The van der Waals surface area contributed by atoms with Crippen molar-refractivity contribution < 1.29 is 19.3 Å². The van der Waals surface area contributed by atoms with Crippen LogP contribution in [0.15, 0.2) is 60.8 Å². The second kappa shape index (κ2) is 10.3. The van der Waals surface area contributed by atoms with Crippen LogP contribution < -0.4 is 4.74 Å². The molecule has 1 aromatic heterocycles. The maximum Gasteiger partial charge on any atom is 0.279 e. The quantitative estimate of drug-likeness (QED) is 0.604. The summed E-state index contributed by atoms with van der Waals surface area (Å²) in [5.41, 5.74) is 0.833. The predicted molar refractivity (Wildman–Crippen MR) is 107 cm³/mol. The summed E-state index contributed by atoms with van der Waals surface area (Å²) in [6.45, 7) is 3.11. The van der Waals surface area contributed by atoms with Gasteiger partial charge in [0, 0.05) is 11.6 Å². The first-order valence-corrected chi connectivity index (χ1v) is 9.65. The average molecular weight is 382 g/mol. The van der Waals surface area contributed by atoms with Crippen molar-refractivity contribution >= 4 is 0 Å². The maximum absolute atomic E-state index is 9.38. The predicted octanol–water partition coefficient (Wildman–Crippen LogP) is 4.62. The lowest BCUT2D eigenvalue weighted by Crippen LogP contribution is -2.23. The van der Waals surface area contributed by atoms with Crippen LogP contribution >= 0.6 is 0 Å². The summed E-state index contributed by atoms with van der Waals surface area (Å²) < 4.78 is 17.3. The molecule has 2 heterocycles. The Morgan fingerprint density at radius 2 is 1.93 bits per heavy atom. The molecule has 148 valence electrons. The number of phenolic OH excluding ortho intramolecular Hbond substituents is 1. The summed E-state index contributed by atoms with van der Waals surface area (Å²) in [5, 5.41) is 9.38. The van der Waals surface area contributed by atoms with Gasteiger partial charge in [-0.3, -0.25) is 0 Å². The van der Waals surface area contributed by atoms with Crippen molar-refractivity contribution in [3.05, 3.63) is 60.8 Å². The van der Waals surface area contributed by atoms with E-state index in [2.05, 4.69) is 16.9 Å². The standard InChI is InChI=1S/C22H26N2O4/c1-2-3-4-7-19(28-21-8-5-6-13-26-21)16-27-20-14-23-22(24-15-20)17-9-11-18(25)12-10-17/h5-6,8-12,14-15,19,25H,2-4,7,13,16H2,1H3. The van der Waals surface area contributed by atoms with Gasteiger partial charge in [0.25, 0.3) is 5.95 Å². The number of rotatable bonds is 10. The van der Waals surface area contributed by atoms with Crippen LogP contribution in [0.3, 0.4) is 0 Å². The third-order valence-electron chi connectivity index (χ3n) is 4.29. The van der Waals surface area contributed by atoms with E-state index in [0.29, 0.717) is 30.7 Å². The third kappa shape index (κ3) is 6.01. The molecule has 0 radical (unpaired) electrons. The molecule has 0 spiro atoms. The second-order valence-electron chi connectivity index (χ2n) is 6.56. The number of aromatic nitrogens is 2. The summed E-state index contributed by atoms with van der Waals surface area (Å²) in [4.78, 5) is 8.69. The zero-order valence-corrected chi connectivity index (χ0v) is 16.1. The fourth-order valence-corrected chi connectivity index (χ4v) is 2.76. The van der Waals surface area contributed by atoms with Gasteiger partial charge in [-0.2, -0.15) is 0 Å². The van der Waals surface area contributed by atoms with Crippen LogP contribution in [-0.4, -0.2) is 34.4 Å². The van der Waals surface area contributed by atoms with Gasteiger partial charge in [0.15, 0.2) is 11.6 Å². The number of benzene rings is 1. The van der Waals surface area contributed by atoms with E-state index >= 15 is 0 Å². The highest BCUT2D eigenvalue weighted by atomic mass is 16.7. The van der Waals surface area contributed by atoms with Crippen LogP contribution in [0.1, 0.15) is 32.6 Å². The number of aromatic hydroxyl groups is 1. The van der Waals surface area contributed by atoms with Crippen LogP contribution in [0.2, 0.25) is 0 Å². The Labute approximate surface area is 165 Å². The van der Waals surface area contributed by atoms with Crippen LogP contribution in [0.5, 0.6) is 11.5 Å². The molecule has 0 saturated heterocycles. The number of hydrogen-bond donors (Lipinski definition) is 1. The molecule has 28 heavy (non-hydrogen) atoms. The average Bonchev–Trinajstić information content (AvgIpc) is 2.74. The van der Waals surface area contributed by atoms with Crippen LogP contribution in [0.25, 0.3) is 11.4 Å². The Balaban J connectivity index is 1.57. The van der Waals surface area contributed by atoms with E-state index in [1.165, 1.54) is 0 Å². The molecule has 3 rings (SSSR count). The first kappa shape index (κ1) is 19.7. The van der Waals surface area contributed by atoms with Gasteiger partial charge in [-0.25, -0.2) is 9.97 Å². The van der Waals surface area contributed by atoms with E-state index in [1.54, 1.807) is 36.7 Å². The molecule has 0 fully saturated rings. The summed E-state index contributed by atoms with van der Waals surface area (Å²) in [6, 6.07) is 6.77. The van der Waals surface area contributed by atoms with Crippen molar-refractivity contribution in [3.63, 3.8) is 0 Å². The first-order valence-electron chi connectivity index (χ1n) is 9.65. The normalized spacial score (nSPS) is 14.1. The second-order valence-corrected chi connectivity index (χ2v) is 6.56. The molecule has 6 nitrogen and oxygen atoms in total. The lowest BCUT2D eigenvalue weighted by Gasteiger charge is -2.22. The summed E-state index contributed by atoms with van der Waals surface area (Å²) in [7, 11) is 0. The molecule has 0 aliphatic carbocycles. The molecule has 1 aliphatic rings. The molecule has 1 aliphatic heterocycles. The molecular formula is C22H26N2O4. The van der Waals surface area contributed by atoms with Crippen LogP contribution in [-0.2, 0) is 9.47 Å². The van der Waals surface area contributed by atoms with Crippen molar-refractivity contribution in [1.29, 1.82) is 0 Å². The van der Waals surface area contributed by atoms with Crippen LogP contribution in [0.4, 0.5) is 0 Å². The van der Waals surface area contributed by atoms with E-state index in [0.717, 1.165) is 31.2 Å². The molecule has 1 N–H and O–H groups in total. The molecule has 1 unspecified atom stereocenters. The van der Waals surface area contributed by atoms with Gasteiger partial charge < -0.3 is 19.3 Å². The SMILES string of the molecule is CCCCCC(COc1cnc(-c2ccc(O)cc2)nc1)OC1=CC=CCO1. The fourth-order valence-electron chi connectivity index (χ4n) is 2.76. The van der Waals surface area contributed by atoms with Gasteiger partial charge in [-0.05, 0) is 43.2 Å². The highest BCUT2D eigenvalue weighted by molar-refractivity contribution is 5.55. The van der Waals surface area contributed by atoms with E-state index in [4.69, 9.17) is 14.2 Å². The van der Waals surface area contributed by atoms with E-state index in [-0.39, 0.29) is 11.9 Å². The lowest BCUT2D eigenvalue weighted by molar-refractivity contribution is -0.0238. The van der Waals surface area contributed by atoms with Gasteiger partial charge >= 0.3 is 0 Å². The number of allylic oxidation sites excluding steroid dienone is 2. The number of ether oxygens (including phenoxy) is 3. The molecule has 1 aromatic carbocycles. The monoisotopic (exact) mass is 382 g/mol. The maximum atomic E-state index is 9.38. The van der Waals surface area contributed by atoms with Crippen molar-refractivity contribution in [1.82, 2.24) is 9.97 Å². The third-order valence-corrected chi connectivity index (χ3v) is 4.29. The zero-order valence-electron chi connectivity index (χ0n) is 16.1. The van der Waals surface area contributed by atoms with E-state index in [9.17, 15) is 5.11 Å². The number of nitrogens with zero attached hydrogens (tertiary/aromatic N) is 2. The zero-order chi connectivity index (χ0) is 19.6. The molecule has 6 heteroatoms. The molecule has 1 atom stereocenters. The van der Waals surface area contributed by atoms with Gasteiger partial charge in [0.2, 0.25) is 0 Å². The minimum atomic E-state index is -0.0962. The van der Waals surface area contributed by atoms with Gasteiger partial charge in [-0.15, -0.1) is 0 Å². The molecule has 0 saturated carbocycles. The van der Waals surface area contributed by atoms with Crippen LogP contribution in [0, 0.1) is 0 Å². The number of hydrogen-bond acceptors (Lipinski definition) is 6. The molecule has 0 amide bonds. The lowest BCUT2D eigenvalue weighted by atomic mass is 10.1. The molecule has 0 bridgehead atoms. The fraction of sp³-hybridized carbons (Fsp3) is 0.364. The summed E-state index contributed by atoms with van der Waals surface area (Å²) in [5.74, 6) is 1.91. The topological polar surface area (TPSA) is 73.7 Å². The van der Waals surface area contributed by atoms with Crippen molar-refractivity contribution in [2.45, 2.75) is 38.7 Å². The summed E-state index contributed by atoms with van der Waals surface area (Å²) >= 11 is 0.